The Labute approximate surface area is 200 Å². The summed E-state index contributed by atoms with van der Waals surface area (Å²) >= 11 is 0. The molecule has 0 radical (unpaired) electrons. The van der Waals surface area contributed by atoms with Gasteiger partial charge in [0.05, 0.1) is 17.3 Å². The summed E-state index contributed by atoms with van der Waals surface area (Å²) < 4.78 is 0. The van der Waals surface area contributed by atoms with Gasteiger partial charge in [0.15, 0.2) is 0 Å². The number of anilines is 1. The molecule has 2 heterocycles. The van der Waals surface area contributed by atoms with Crippen LogP contribution in [0.4, 0.5) is 5.69 Å². The van der Waals surface area contributed by atoms with E-state index in [2.05, 4.69) is 46.7 Å². The predicted octanol–water partition coefficient (Wildman–Crippen LogP) is 1.99. The minimum atomic E-state index is -0.557. The second-order valence-corrected chi connectivity index (χ2v) is 9.01. The van der Waals surface area contributed by atoms with E-state index >= 15 is 0 Å². The van der Waals surface area contributed by atoms with Crippen molar-refractivity contribution in [2.24, 2.45) is 5.73 Å². The molecule has 4 rings (SSSR count). The fraction of sp³-hybridized carbons (Fsp3) is 0.423. The molecule has 0 spiro atoms. The van der Waals surface area contributed by atoms with E-state index in [4.69, 9.17) is 5.73 Å². The highest BCUT2D eigenvalue weighted by Gasteiger charge is 2.27. The summed E-state index contributed by atoms with van der Waals surface area (Å²) in [5, 5.41) is 6.32. The maximum atomic E-state index is 12.7. The van der Waals surface area contributed by atoms with E-state index in [1.54, 1.807) is 12.1 Å². The van der Waals surface area contributed by atoms with Crippen LogP contribution in [0.5, 0.6) is 0 Å². The predicted molar refractivity (Wildman–Crippen MR) is 132 cm³/mol. The molecule has 8 nitrogen and oxygen atoms in total. The van der Waals surface area contributed by atoms with Crippen LogP contribution in [-0.4, -0.2) is 61.9 Å². The van der Waals surface area contributed by atoms with E-state index in [0.717, 1.165) is 43.9 Å². The number of nitrogens with one attached hydrogen (secondary N) is 2. The van der Waals surface area contributed by atoms with Crippen LogP contribution in [0.2, 0.25) is 0 Å². The maximum Gasteiger partial charge on any atom is 0.251 e. The van der Waals surface area contributed by atoms with Crippen molar-refractivity contribution in [1.82, 2.24) is 15.5 Å². The van der Waals surface area contributed by atoms with E-state index in [1.807, 2.05) is 11.0 Å². The van der Waals surface area contributed by atoms with Crippen LogP contribution in [0.3, 0.4) is 0 Å². The number of aryl methyl sites for hydroxylation is 1. The van der Waals surface area contributed by atoms with E-state index in [9.17, 15) is 14.4 Å². The Hall–Kier alpha value is -3.39. The minimum absolute atomic E-state index is 0.0559. The quantitative estimate of drug-likeness (QED) is 0.519. The molecule has 2 aliphatic rings. The number of carbonyl (C=O) groups is 3. The number of nitrogens with zero attached hydrogens (tertiary/aromatic N) is 2. The van der Waals surface area contributed by atoms with Crippen LogP contribution in [0, 0.1) is 6.92 Å². The lowest BCUT2D eigenvalue weighted by molar-refractivity contribution is -0.127. The lowest BCUT2D eigenvalue weighted by Crippen LogP contribution is -2.46. The van der Waals surface area contributed by atoms with Crippen LogP contribution in [0.25, 0.3) is 0 Å². The van der Waals surface area contributed by atoms with Gasteiger partial charge >= 0.3 is 0 Å². The molecule has 2 aromatic carbocycles. The summed E-state index contributed by atoms with van der Waals surface area (Å²) in [6, 6.07) is 13.6. The van der Waals surface area contributed by atoms with Gasteiger partial charge in [-0.05, 0) is 43.5 Å². The topological polar surface area (TPSA) is 108 Å². The van der Waals surface area contributed by atoms with Crippen LogP contribution < -0.4 is 21.3 Å². The van der Waals surface area contributed by atoms with Crippen molar-refractivity contribution >= 4 is 23.4 Å². The first kappa shape index (κ1) is 23.8. The number of nitrogens with two attached hydrogens (primary N) is 1. The Bertz CT molecular complexity index is 1050. The van der Waals surface area contributed by atoms with Crippen molar-refractivity contribution in [3.63, 3.8) is 0 Å². The zero-order valence-corrected chi connectivity index (χ0v) is 19.7. The number of likely N-dealkylation sites (tertiary alicyclic amines) is 1. The second kappa shape index (κ2) is 10.7. The standard InChI is InChI=1S/C26H33N5O3/c1-18-5-7-19(8-6-18)23-17-28-12-15-31(23)22-10-9-20(16-21(22)25(27)33)26(34)29-11-3-14-30-13-2-4-24(30)32/h5-10,16,23,28H,2-4,11-15,17H2,1H3,(H2,27,33)(H,29,34). The molecule has 1 unspecified atom stereocenters. The summed E-state index contributed by atoms with van der Waals surface area (Å²) in [6.45, 7) is 6.23. The highest BCUT2D eigenvalue weighted by molar-refractivity contribution is 6.03. The van der Waals surface area contributed by atoms with E-state index in [1.165, 1.54) is 5.56 Å². The molecule has 8 heteroatoms. The molecule has 0 aliphatic carbocycles. The molecule has 0 saturated carbocycles. The molecule has 0 aromatic heterocycles. The minimum Gasteiger partial charge on any atom is -0.366 e. The zero-order chi connectivity index (χ0) is 24.1. The molecular formula is C26H33N5O3. The molecule has 1 atom stereocenters. The van der Waals surface area contributed by atoms with Crippen LogP contribution in [0.1, 0.15) is 57.1 Å². The number of piperazine rings is 1. The highest BCUT2D eigenvalue weighted by Crippen LogP contribution is 2.32. The Balaban J connectivity index is 1.47. The van der Waals surface area contributed by atoms with E-state index in [-0.39, 0.29) is 17.9 Å². The summed E-state index contributed by atoms with van der Waals surface area (Å²) in [4.78, 5) is 40.8. The van der Waals surface area contributed by atoms with Crippen molar-refractivity contribution in [3.05, 3.63) is 64.7 Å². The number of amides is 3. The molecule has 34 heavy (non-hydrogen) atoms. The summed E-state index contributed by atoms with van der Waals surface area (Å²) in [6.07, 6.45) is 2.22. The molecule has 4 N–H and O–H groups in total. The van der Waals surface area contributed by atoms with Crippen LogP contribution in [-0.2, 0) is 4.79 Å². The van der Waals surface area contributed by atoms with E-state index < -0.39 is 5.91 Å². The molecule has 2 aromatic rings. The fourth-order valence-corrected chi connectivity index (χ4v) is 4.72. The van der Waals surface area contributed by atoms with Crippen LogP contribution >= 0.6 is 0 Å². The average Bonchev–Trinajstić information content (AvgIpc) is 3.26. The van der Waals surface area contributed by atoms with E-state index in [0.29, 0.717) is 37.1 Å². The van der Waals surface area contributed by atoms with Crippen molar-refractivity contribution in [3.8, 4) is 0 Å². The van der Waals surface area contributed by atoms with Crippen LogP contribution in [0.15, 0.2) is 42.5 Å². The third-order valence-electron chi connectivity index (χ3n) is 6.60. The van der Waals surface area contributed by atoms with Gasteiger partial charge in [0, 0.05) is 51.3 Å². The van der Waals surface area contributed by atoms with Gasteiger partial charge in [-0.25, -0.2) is 0 Å². The summed E-state index contributed by atoms with van der Waals surface area (Å²) in [7, 11) is 0. The number of benzene rings is 2. The Kier molecular flexibility index (Phi) is 7.47. The SMILES string of the molecule is Cc1ccc(C2CNCCN2c2ccc(C(=O)NCCCN3CCCC3=O)cc2C(N)=O)cc1. The highest BCUT2D eigenvalue weighted by atomic mass is 16.2. The third kappa shape index (κ3) is 5.39. The molecule has 0 bridgehead atoms. The van der Waals surface area contributed by atoms with Gasteiger partial charge in [0.1, 0.15) is 0 Å². The van der Waals surface area contributed by atoms with Gasteiger partial charge in [-0.3, -0.25) is 14.4 Å². The molecule has 180 valence electrons. The number of hydrogen-bond donors (Lipinski definition) is 3. The monoisotopic (exact) mass is 463 g/mol. The lowest BCUT2D eigenvalue weighted by Gasteiger charge is -2.39. The zero-order valence-electron chi connectivity index (χ0n) is 19.7. The molecule has 3 amide bonds. The smallest absolute Gasteiger partial charge is 0.251 e. The number of hydrogen-bond acceptors (Lipinski definition) is 5. The normalized spacial score (nSPS) is 18.3. The number of primary amides is 1. The Morgan fingerprint density at radius 3 is 2.65 bits per heavy atom. The maximum absolute atomic E-state index is 12.7. The molecule has 2 saturated heterocycles. The first-order valence-electron chi connectivity index (χ1n) is 12.0. The lowest BCUT2D eigenvalue weighted by atomic mass is 9.98. The fourth-order valence-electron chi connectivity index (χ4n) is 4.72. The number of carbonyl (C=O) groups excluding carboxylic acids is 3. The molecular weight excluding hydrogens is 430 g/mol. The van der Waals surface area contributed by atoms with Gasteiger partial charge < -0.3 is 26.2 Å². The Morgan fingerprint density at radius 1 is 1.15 bits per heavy atom. The van der Waals surface area contributed by atoms with Gasteiger partial charge in [-0.15, -0.1) is 0 Å². The first-order valence-corrected chi connectivity index (χ1v) is 12.0. The molecule has 2 aliphatic heterocycles. The Morgan fingerprint density at radius 2 is 1.94 bits per heavy atom. The van der Waals surface area contributed by atoms with Gasteiger partial charge in [0.25, 0.3) is 11.8 Å². The number of rotatable bonds is 8. The average molecular weight is 464 g/mol. The third-order valence-corrected chi connectivity index (χ3v) is 6.60. The second-order valence-electron chi connectivity index (χ2n) is 9.01. The first-order chi connectivity index (χ1) is 16.4. The largest absolute Gasteiger partial charge is 0.366 e. The summed E-state index contributed by atoms with van der Waals surface area (Å²) in [5.74, 6) is -0.625. The molecule has 2 fully saturated rings. The van der Waals surface area contributed by atoms with Crippen molar-refractivity contribution in [2.45, 2.75) is 32.2 Å². The van der Waals surface area contributed by atoms with Gasteiger partial charge in [-0.2, -0.15) is 0 Å². The van der Waals surface area contributed by atoms with Crippen molar-refractivity contribution in [2.75, 3.05) is 44.2 Å². The van der Waals surface area contributed by atoms with Gasteiger partial charge in [0.2, 0.25) is 5.91 Å². The van der Waals surface area contributed by atoms with Crippen molar-refractivity contribution < 1.29 is 14.4 Å². The van der Waals surface area contributed by atoms with Crippen molar-refractivity contribution in [1.29, 1.82) is 0 Å². The summed E-state index contributed by atoms with van der Waals surface area (Å²) in [5.41, 5.74) is 9.58. The van der Waals surface area contributed by atoms with Gasteiger partial charge in [-0.1, -0.05) is 29.8 Å².